The summed E-state index contributed by atoms with van der Waals surface area (Å²) in [5, 5.41) is 0. The van der Waals surface area contributed by atoms with Gasteiger partial charge in [0.2, 0.25) is 0 Å². The lowest BCUT2D eigenvalue weighted by Crippen LogP contribution is -2.31. The smallest absolute Gasteiger partial charge is 0.272 e. The van der Waals surface area contributed by atoms with Crippen LogP contribution in [0.25, 0.3) is 0 Å². The zero-order valence-corrected chi connectivity index (χ0v) is 13.0. The van der Waals surface area contributed by atoms with E-state index in [0.717, 1.165) is 19.5 Å². The van der Waals surface area contributed by atoms with Crippen molar-refractivity contribution in [2.24, 2.45) is 17.1 Å². The van der Waals surface area contributed by atoms with Crippen LogP contribution in [0.2, 0.25) is 0 Å². The quantitative estimate of drug-likeness (QED) is 0.849. The minimum absolute atomic E-state index is 0.00811. The fourth-order valence-electron chi connectivity index (χ4n) is 2.48. The van der Waals surface area contributed by atoms with Crippen molar-refractivity contribution >= 4 is 23.1 Å². The predicted octanol–water partition coefficient (Wildman–Crippen LogP) is 2.22. The molecule has 0 radical (unpaired) electrons. The molecule has 1 amide bonds. The van der Waals surface area contributed by atoms with E-state index in [0.29, 0.717) is 22.2 Å². The van der Waals surface area contributed by atoms with Crippen LogP contribution in [-0.2, 0) is 0 Å². The summed E-state index contributed by atoms with van der Waals surface area (Å²) in [6, 6.07) is 3.45. The van der Waals surface area contributed by atoms with Gasteiger partial charge in [-0.15, -0.1) is 0 Å². The van der Waals surface area contributed by atoms with Crippen molar-refractivity contribution in [3.63, 3.8) is 0 Å². The number of rotatable bonds is 2. The van der Waals surface area contributed by atoms with Crippen molar-refractivity contribution in [1.82, 2.24) is 9.88 Å². The molecule has 108 valence electrons. The molecule has 1 fully saturated rings. The number of likely N-dealkylation sites (tertiary alicyclic amines) is 1. The summed E-state index contributed by atoms with van der Waals surface area (Å²) < 4.78 is 0. The number of hydrogen-bond acceptors (Lipinski definition) is 3. The van der Waals surface area contributed by atoms with E-state index in [1.807, 2.05) is 4.90 Å². The van der Waals surface area contributed by atoms with Crippen molar-refractivity contribution < 1.29 is 4.79 Å². The Bertz CT molecular complexity index is 519. The second kappa shape index (κ2) is 5.48. The Morgan fingerprint density at radius 2 is 2.15 bits per heavy atom. The van der Waals surface area contributed by atoms with Crippen LogP contribution in [0.15, 0.2) is 18.3 Å². The van der Waals surface area contributed by atoms with Crippen LogP contribution in [0.4, 0.5) is 0 Å². The van der Waals surface area contributed by atoms with Gasteiger partial charge in [-0.25, -0.2) is 0 Å². The minimum Gasteiger partial charge on any atom is -0.389 e. The van der Waals surface area contributed by atoms with Crippen molar-refractivity contribution in [2.75, 3.05) is 13.1 Å². The lowest BCUT2D eigenvalue weighted by molar-refractivity contribution is 0.0771. The van der Waals surface area contributed by atoms with Crippen LogP contribution in [-0.4, -0.2) is 33.9 Å². The lowest BCUT2D eigenvalue weighted by atomic mass is 9.80. The molecular weight excluding hydrogens is 270 g/mol. The SMILES string of the molecule is CC(C)(C)C1CCN(C(=O)c2ccc(C(N)=S)cn2)C1. The average molecular weight is 291 g/mol. The zero-order valence-electron chi connectivity index (χ0n) is 12.2. The van der Waals surface area contributed by atoms with E-state index in [4.69, 9.17) is 18.0 Å². The van der Waals surface area contributed by atoms with E-state index >= 15 is 0 Å². The second-order valence-electron chi connectivity index (χ2n) is 6.40. The summed E-state index contributed by atoms with van der Waals surface area (Å²) in [6.45, 7) is 8.28. The number of thiocarbonyl (C=S) groups is 1. The van der Waals surface area contributed by atoms with E-state index in [2.05, 4.69) is 25.8 Å². The lowest BCUT2D eigenvalue weighted by Gasteiger charge is -2.26. The summed E-state index contributed by atoms with van der Waals surface area (Å²) >= 11 is 4.88. The maximum Gasteiger partial charge on any atom is 0.272 e. The Labute approximate surface area is 125 Å². The average Bonchev–Trinajstić information content (AvgIpc) is 2.87. The standard InChI is InChI=1S/C15H21N3OS/c1-15(2,3)11-6-7-18(9-11)14(19)12-5-4-10(8-17-12)13(16)20/h4-5,8,11H,6-7,9H2,1-3H3,(H2,16,20). The summed E-state index contributed by atoms with van der Waals surface area (Å²) in [5.74, 6) is 0.536. The molecule has 1 aromatic rings. The maximum atomic E-state index is 12.4. The first-order chi connectivity index (χ1) is 9.29. The van der Waals surface area contributed by atoms with E-state index in [9.17, 15) is 4.79 Å². The number of aromatic nitrogens is 1. The van der Waals surface area contributed by atoms with Crippen LogP contribution >= 0.6 is 12.2 Å². The summed E-state index contributed by atoms with van der Waals surface area (Å²) in [7, 11) is 0. The molecule has 1 unspecified atom stereocenters. The predicted molar refractivity (Wildman–Crippen MR) is 83.6 cm³/mol. The van der Waals surface area contributed by atoms with Gasteiger partial charge < -0.3 is 10.6 Å². The number of nitrogens with two attached hydrogens (primary N) is 1. The third kappa shape index (κ3) is 3.15. The minimum atomic E-state index is -0.00811. The molecule has 4 nitrogen and oxygen atoms in total. The van der Waals surface area contributed by atoms with Crippen molar-refractivity contribution in [1.29, 1.82) is 0 Å². The summed E-state index contributed by atoms with van der Waals surface area (Å²) in [5.41, 5.74) is 6.90. The van der Waals surface area contributed by atoms with Gasteiger partial charge in [0.15, 0.2) is 0 Å². The molecule has 2 heterocycles. The molecule has 1 atom stereocenters. The number of carbonyl (C=O) groups excluding carboxylic acids is 1. The normalized spacial score (nSPS) is 19.1. The van der Waals surface area contributed by atoms with Gasteiger partial charge in [0.05, 0.1) is 0 Å². The molecule has 1 aliphatic rings. The van der Waals surface area contributed by atoms with Gasteiger partial charge in [-0.2, -0.15) is 0 Å². The van der Waals surface area contributed by atoms with Gasteiger partial charge in [0, 0.05) is 24.8 Å². The summed E-state index contributed by atoms with van der Waals surface area (Å²) in [4.78, 5) is 18.8. The van der Waals surface area contributed by atoms with Gasteiger partial charge in [0.25, 0.3) is 5.91 Å². The van der Waals surface area contributed by atoms with Gasteiger partial charge in [-0.3, -0.25) is 9.78 Å². The second-order valence-corrected chi connectivity index (χ2v) is 6.84. The first-order valence-electron chi connectivity index (χ1n) is 6.84. The van der Waals surface area contributed by atoms with Crippen molar-refractivity contribution in [3.05, 3.63) is 29.6 Å². The molecule has 5 heteroatoms. The van der Waals surface area contributed by atoms with Crippen LogP contribution in [0.5, 0.6) is 0 Å². The molecule has 0 aliphatic carbocycles. The Morgan fingerprint density at radius 3 is 2.60 bits per heavy atom. The molecule has 20 heavy (non-hydrogen) atoms. The monoisotopic (exact) mass is 291 g/mol. The van der Waals surface area contributed by atoms with Gasteiger partial charge in [-0.1, -0.05) is 33.0 Å². The number of amides is 1. The van der Waals surface area contributed by atoms with Crippen LogP contribution < -0.4 is 5.73 Å². The fourth-order valence-corrected chi connectivity index (χ4v) is 2.60. The molecule has 0 saturated carbocycles. The van der Waals surface area contributed by atoms with Crippen LogP contribution in [0.3, 0.4) is 0 Å². The number of hydrogen-bond donors (Lipinski definition) is 1. The summed E-state index contributed by atoms with van der Waals surface area (Å²) in [6.07, 6.45) is 2.62. The number of pyridine rings is 1. The molecule has 1 aromatic heterocycles. The molecule has 0 aromatic carbocycles. The molecule has 2 N–H and O–H groups in total. The van der Waals surface area contributed by atoms with E-state index < -0.39 is 0 Å². The maximum absolute atomic E-state index is 12.4. The van der Waals surface area contributed by atoms with Crippen LogP contribution in [0, 0.1) is 11.3 Å². The highest BCUT2D eigenvalue weighted by molar-refractivity contribution is 7.80. The highest BCUT2D eigenvalue weighted by Crippen LogP contribution is 2.33. The molecule has 0 bridgehead atoms. The van der Waals surface area contributed by atoms with Crippen molar-refractivity contribution in [2.45, 2.75) is 27.2 Å². The highest BCUT2D eigenvalue weighted by atomic mass is 32.1. The number of nitrogens with zero attached hydrogens (tertiary/aromatic N) is 2. The molecule has 1 aliphatic heterocycles. The molecule has 2 rings (SSSR count). The highest BCUT2D eigenvalue weighted by Gasteiger charge is 2.34. The van der Waals surface area contributed by atoms with Gasteiger partial charge in [0.1, 0.15) is 10.7 Å². The first-order valence-corrected chi connectivity index (χ1v) is 7.25. The Morgan fingerprint density at radius 1 is 1.45 bits per heavy atom. The largest absolute Gasteiger partial charge is 0.389 e. The molecule has 1 saturated heterocycles. The zero-order chi connectivity index (χ0) is 14.9. The third-order valence-electron chi connectivity index (χ3n) is 3.97. The van der Waals surface area contributed by atoms with E-state index in [1.165, 1.54) is 0 Å². The van der Waals surface area contributed by atoms with E-state index in [1.54, 1.807) is 18.3 Å². The van der Waals surface area contributed by atoms with Gasteiger partial charge >= 0.3 is 0 Å². The first kappa shape index (κ1) is 14.9. The van der Waals surface area contributed by atoms with Crippen molar-refractivity contribution in [3.8, 4) is 0 Å². The Kier molecular flexibility index (Phi) is 4.09. The molecular formula is C15H21N3OS. The molecule has 0 spiro atoms. The van der Waals surface area contributed by atoms with E-state index in [-0.39, 0.29) is 11.3 Å². The van der Waals surface area contributed by atoms with Crippen LogP contribution in [0.1, 0.15) is 43.2 Å². The fraction of sp³-hybridized carbons (Fsp3) is 0.533. The Balaban J connectivity index is 2.07. The third-order valence-corrected chi connectivity index (χ3v) is 4.20. The van der Waals surface area contributed by atoms with Gasteiger partial charge in [-0.05, 0) is 29.9 Å². The number of carbonyl (C=O) groups is 1. The Hall–Kier alpha value is -1.49. The topological polar surface area (TPSA) is 59.2 Å².